The van der Waals surface area contributed by atoms with E-state index in [4.69, 9.17) is 0 Å². The fourth-order valence-electron chi connectivity index (χ4n) is 2.22. The first-order chi connectivity index (χ1) is 9.88. The molecule has 0 aliphatic heterocycles. The highest BCUT2D eigenvalue weighted by molar-refractivity contribution is 5.95. The molecule has 0 aliphatic carbocycles. The maximum absolute atomic E-state index is 12.7. The normalized spacial score (nSPS) is 11.0. The van der Waals surface area contributed by atoms with E-state index in [2.05, 4.69) is 38.0 Å². The summed E-state index contributed by atoms with van der Waals surface area (Å²) in [6.07, 6.45) is 0. The minimum absolute atomic E-state index is 0.0923. The monoisotopic (exact) mass is 291 g/mol. The van der Waals surface area contributed by atoms with Crippen LogP contribution in [0.3, 0.4) is 0 Å². The fraction of sp³-hybridized carbons (Fsp3) is 0.647. The quantitative estimate of drug-likeness (QED) is 0.832. The Kier molecular flexibility index (Phi) is 6.66. The minimum atomic E-state index is 0.0923. The van der Waals surface area contributed by atoms with Crippen molar-refractivity contribution in [3.05, 3.63) is 23.4 Å². The largest absolute Gasteiger partial charge is 0.370 e. The predicted molar refractivity (Wildman–Crippen MR) is 88.9 cm³/mol. The number of hydrogen-bond acceptors (Lipinski definition) is 3. The van der Waals surface area contributed by atoms with Crippen molar-refractivity contribution in [2.75, 3.05) is 25.0 Å². The summed E-state index contributed by atoms with van der Waals surface area (Å²) in [5.74, 6) is 1.64. The number of amides is 1. The van der Waals surface area contributed by atoms with Crippen LogP contribution in [-0.4, -0.2) is 35.4 Å². The number of nitrogens with one attached hydrogen (secondary N) is 1. The average molecular weight is 291 g/mol. The first kappa shape index (κ1) is 17.5. The van der Waals surface area contributed by atoms with Crippen LogP contribution in [0.5, 0.6) is 0 Å². The van der Waals surface area contributed by atoms with E-state index >= 15 is 0 Å². The number of nitrogens with zero attached hydrogens (tertiary/aromatic N) is 2. The van der Waals surface area contributed by atoms with Gasteiger partial charge in [-0.1, -0.05) is 27.7 Å². The van der Waals surface area contributed by atoms with Crippen molar-refractivity contribution in [3.63, 3.8) is 0 Å². The highest BCUT2D eigenvalue weighted by Crippen LogP contribution is 2.19. The molecule has 1 N–H and O–H groups in total. The number of carbonyl (C=O) groups excluding carboxylic acids is 1. The van der Waals surface area contributed by atoms with E-state index in [-0.39, 0.29) is 5.91 Å². The van der Waals surface area contributed by atoms with E-state index in [1.807, 2.05) is 30.9 Å². The van der Waals surface area contributed by atoms with Crippen LogP contribution in [0.25, 0.3) is 0 Å². The third-order valence-electron chi connectivity index (χ3n) is 3.30. The molecule has 0 atom stereocenters. The van der Waals surface area contributed by atoms with E-state index < -0.39 is 0 Å². The summed E-state index contributed by atoms with van der Waals surface area (Å²) in [5, 5.41) is 3.21. The highest BCUT2D eigenvalue weighted by Gasteiger charge is 2.18. The van der Waals surface area contributed by atoms with Crippen LogP contribution >= 0.6 is 0 Å². The van der Waals surface area contributed by atoms with Crippen LogP contribution in [0.2, 0.25) is 0 Å². The molecule has 0 aliphatic rings. The second-order valence-electron chi connectivity index (χ2n) is 6.09. The topological polar surface area (TPSA) is 45.2 Å². The van der Waals surface area contributed by atoms with Crippen molar-refractivity contribution >= 4 is 11.7 Å². The Morgan fingerprint density at radius 3 is 2.38 bits per heavy atom. The highest BCUT2D eigenvalue weighted by atomic mass is 16.2. The first-order valence-electron chi connectivity index (χ1n) is 7.94. The molecule has 0 bridgehead atoms. The Bertz CT molecular complexity index is 469. The van der Waals surface area contributed by atoms with Gasteiger partial charge in [-0.2, -0.15) is 0 Å². The summed E-state index contributed by atoms with van der Waals surface area (Å²) in [4.78, 5) is 19.2. The molecule has 0 saturated heterocycles. The van der Waals surface area contributed by atoms with Gasteiger partial charge < -0.3 is 10.2 Å². The second kappa shape index (κ2) is 8.01. The maximum Gasteiger partial charge on any atom is 0.254 e. The third kappa shape index (κ3) is 5.03. The lowest BCUT2D eigenvalue weighted by Crippen LogP contribution is -2.34. The zero-order valence-electron chi connectivity index (χ0n) is 14.2. The summed E-state index contributed by atoms with van der Waals surface area (Å²) in [7, 11) is 0. The zero-order valence-corrected chi connectivity index (χ0v) is 14.2. The molecule has 1 aromatic heterocycles. The van der Waals surface area contributed by atoms with E-state index in [1.54, 1.807) is 0 Å². The Labute approximate surface area is 129 Å². The second-order valence-corrected chi connectivity index (χ2v) is 6.09. The third-order valence-corrected chi connectivity index (χ3v) is 3.30. The lowest BCUT2D eigenvalue weighted by Gasteiger charge is -2.23. The molecule has 0 aromatic carbocycles. The van der Waals surface area contributed by atoms with Gasteiger partial charge >= 0.3 is 0 Å². The molecular formula is C17H29N3O. The molecule has 1 rings (SSSR count). The maximum atomic E-state index is 12.7. The van der Waals surface area contributed by atoms with E-state index in [9.17, 15) is 4.79 Å². The molecule has 21 heavy (non-hydrogen) atoms. The molecule has 0 fully saturated rings. The fourth-order valence-corrected chi connectivity index (χ4v) is 2.22. The van der Waals surface area contributed by atoms with Gasteiger partial charge in [0.25, 0.3) is 5.91 Å². The number of pyridine rings is 1. The van der Waals surface area contributed by atoms with Gasteiger partial charge in [0.2, 0.25) is 0 Å². The molecule has 0 unspecified atom stereocenters. The van der Waals surface area contributed by atoms with Crippen molar-refractivity contribution in [2.45, 2.75) is 47.5 Å². The van der Waals surface area contributed by atoms with Crippen LogP contribution in [-0.2, 0) is 0 Å². The Morgan fingerprint density at radius 1 is 1.24 bits per heavy atom. The predicted octanol–water partition coefficient (Wildman–Crippen LogP) is 3.75. The Hall–Kier alpha value is -1.58. The molecule has 1 amide bonds. The molecule has 1 aromatic rings. The van der Waals surface area contributed by atoms with Gasteiger partial charge in [0.05, 0.1) is 0 Å². The molecule has 1 heterocycles. The smallest absolute Gasteiger partial charge is 0.254 e. The van der Waals surface area contributed by atoms with Crippen molar-refractivity contribution in [2.24, 2.45) is 5.92 Å². The Balaban J connectivity index is 3.11. The molecule has 0 saturated carbocycles. The molecule has 4 heteroatoms. The minimum Gasteiger partial charge on any atom is -0.370 e. The standard InChI is InChI=1S/C17H29N3O/c1-7-18-16-10-14(9-15(19-16)13(5)6)17(21)20(8-2)11-12(3)4/h9-10,12-13H,7-8,11H2,1-6H3,(H,18,19). The Morgan fingerprint density at radius 2 is 1.90 bits per heavy atom. The van der Waals surface area contributed by atoms with Gasteiger partial charge in [-0.15, -0.1) is 0 Å². The first-order valence-corrected chi connectivity index (χ1v) is 7.94. The van der Waals surface area contributed by atoms with Gasteiger partial charge in [0.1, 0.15) is 5.82 Å². The van der Waals surface area contributed by atoms with Gasteiger partial charge in [-0.25, -0.2) is 4.98 Å². The molecule has 118 valence electrons. The van der Waals surface area contributed by atoms with Gasteiger partial charge in [0.15, 0.2) is 0 Å². The van der Waals surface area contributed by atoms with Gasteiger partial charge in [-0.05, 0) is 37.8 Å². The van der Waals surface area contributed by atoms with E-state index in [0.717, 1.165) is 36.7 Å². The van der Waals surface area contributed by atoms with Crippen LogP contribution in [0.15, 0.2) is 12.1 Å². The zero-order chi connectivity index (χ0) is 16.0. The van der Waals surface area contributed by atoms with Crippen molar-refractivity contribution in [3.8, 4) is 0 Å². The van der Waals surface area contributed by atoms with Crippen molar-refractivity contribution < 1.29 is 4.79 Å². The average Bonchev–Trinajstić information content (AvgIpc) is 2.43. The van der Waals surface area contributed by atoms with Crippen molar-refractivity contribution in [1.82, 2.24) is 9.88 Å². The lowest BCUT2D eigenvalue weighted by atomic mass is 10.1. The van der Waals surface area contributed by atoms with Crippen LogP contribution in [0, 0.1) is 5.92 Å². The van der Waals surface area contributed by atoms with Crippen LogP contribution in [0.4, 0.5) is 5.82 Å². The van der Waals surface area contributed by atoms with Crippen LogP contribution < -0.4 is 5.32 Å². The summed E-state index contributed by atoms with van der Waals surface area (Å²) in [5.41, 5.74) is 1.68. The van der Waals surface area contributed by atoms with Gasteiger partial charge in [-0.3, -0.25) is 4.79 Å². The molecule has 0 radical (unpaired) electrons. The number of anilines is 1. The summed E-state index contributed by atoms with van der Waals surface area (Å²) >= 11 is 0. The van der Waals surface area contributed by atoms with Gasteiger partial charge in [0, 0.05) is 30.9 Å². The summed E-state index contributed by atoms with van der Waals surface area (Å²) in [6, 6.07) is 3.79. The number of rotatable bonds is 7. The number of carbonyl (C=O) groups is 1. The van der Waals surface area contributed by atoms with Crippen molar-refractivity contribution in [1.29, 1.82) is 0 Å². The van der Waals surface area contributed by atoms with Crippen LogP contribution in [0.1, 0.15) is 63.5 Å². The summed E-state index contributed by atoms with van der Waals surface area (Å²) in [6.45, 7) is 14.8. The lowest BCUT2D eigenvalue weighted by molar-refractivity contribution is 0.0745. The summed E-state index contributed by atoms with van der Waals surface area (Å²) < 4.78 is 0. The SMILES string of the molecule is CCNc1cc(C(=O)N(CC)CC(C)C)cc(C(C)C)n1. The number of aromatic nitrogens is 1. The molecular weight excluding hydrogens is 262 g/mol. The molecule has 4 nitrogen and oxygen atoms in total. The van der Waals surface area contributed by atoms with E-state index in [0.29, 0.717) is 11.8 Å². The van der Waals surface area contributed by atoms with E-state index in [1.165, 1.54) is 0 Å². The number of hydrogen-bond donors (Lipinski definition) is 1. The molecule has 0 spiro atoms.